The summed E-state index contributed by atoms with van der Waals surface area (Å²) < 4.78 is 28.5. The molecule has 33 heavy (non-hydrogen) atoms. The van der Waals surface area contributed by atoms with Gasteiger partial charge in [-0.15, -0.1) is 0 Å². The first-order valence-electron chi connectivity index (χ1n) is 10.5. The number of ether oxygens (including phenoxy) is 5. The fraction of sp³-hybridized carbons (Fsp3) is 0.143. The van der Waals surface area contributed by atoms with E-state index in [1.54, 1.807) is 14.2 Å². The summed E-state index contributed by atoms with van der Waals surface area (Å²) in [5.41, 5.74) is 2.04. The average Bonchev–Trinajstić information content (AvgIpc) is 2.86. The number of hydrogen-bond acceptors (Lipinski definition) is 5. The van der Waals surface area contributed by atoms with Crippen LogP contribution in [-0.2, 0) is 9.47 Å². The van der Waals surface area contributed by atoms with Gasteiger partial charge in [0.1, 0.15) is 0 Å². The third-order valence-corrected chi connectivity index (χ3v) is 5.26. The van der Waals surface area contributed by atoms with Gasteiger partial charge < -0.3 is 23.7 Å². The molecule has 168 valence electrons. The molecule has 0 fully saturated rings. The summed E-state index contributed by atoms with van der Waals surface area (Å²) in [5, 5.41) is 3.79. The molecule has 0 aliphatic rings. The molecule has 5 nitrogen and oxygen atoms in total. The van der Waals surface area contributed by atoms with Gasteiger partial charge in [-0.05, 0) is 58.3 Å². The molecule has 4 aromatic rings. The van der Waals surface area contributed by atoms with Crippen molar-refractivity contribution < 1.29 is 23.7 Å². The van der Waals surface area contributed by atoms with Crippen LogP contribution in [0.15, 0.2) is 73.8 Å². The molecule has 0 aliphatic carbocycles. The average molecular weight is 443 g/mol. The minimum absolute atomic E-state index is 0.0951. The molecular weight excluding hydrogens is 416 g/mol. The van der Waals surface area contributed by atoms with E-state index < -0.39 is 0 Å². The molecule has 0 unspecified atom stereocenters. The summed E-state index contributed by atoms with van der Waals surface area (Å²) in [6.07, 6.45) is 3.63. The van der Waals surface area contributed by atoms with Crippen LogP contribution in [0, 0.1) is 0 Å². The smallest absolute Gasteiger partial charge is 0.188 e. The van der Waals surface area contributed by atoms with Crippen molar-refractivity contribution in [1.29, 1.82) is 0 Å². The van der Waals surface area contributed by atoms with E-state index in [9.17, 15) is 0 Å². The van der Waals surface area contributed by atoms with Crippen molar-refractivity contribution in [3.63, 3.8) is 0 Å². The molecule has 0 bridgehead atoms. The largest absolute Gasteiger partial charge is 0.464 e. The van der Waals surface area contributed by atoms with Crippen molar-refractivity contribution in [3.8, 4) is 23.0 Å². The van der Waals surface area contributed by atoms with Gasteiger partial charge in [0.25, 0.3) is 0 Å². The highest BCUT2D eigenvalue weighted by Gasteiger charge is 2.18. The maximum atomic E-state index is 6.60. The first-order valence-corrected chi connectivity index (χ1v) is 10.5. The molecule has 0 N–H and O–H groups in total. The lowest BCUT2D eigenvalue weighted by Gasteiger charge is -2.19. The lowest BCUT2D eigenvalue weighted by atomic mass is 10.0. The maximum absolute atomic E-state index is 6.60. The molecular formula is C28H26O5. The third-order valence-electron chi connectivity index (χ3n) is 5.26. The van der Waals surface area contributed by atoms with Gasteiger partial charge in [0.05, 0.1) is 0 Å². The number of fused-ring (bicyclic) bond motifs is 2. The van der Waals surface area contributed by atoms with E-state index in [0.29, 0.717) is 23.0 Å². The van der Waals surface area contributed by atoms with Gasteiger partial charge in [-0.3, -0.25) is 0 Å². The van der Waals surface area contributed by atoms with E-state index in [-0.39, 0.29) is 13.6 Å². The summed E-state index contributed by atoms with van der Waals surface area (Å²) in [6.45, 7) is 7.92. The zero-order valence-electron chi connectivity index (χ0n) is 18.8. The second kappa shape index (κ2) is 10.2. The third kappa shape index (κ3) is 4.70. The minimum Gasteiger partial charge on any atom is -0.464 e. The highest BCUT2D eigenvalue weighted by molar-refractivity contribution is 5.95. The minimum atomic E-state index is 0.0951. The summed E-state index contributed by atoms with van der Waals surface area (Å²) in [7, 11) is 3.16. The van der Waals surface area contributed by atoms with Crippen LogP contribution in [-0.4, -0.2) is 27.8 Å². The Balaban J connectivity index is 1.92. The van der Waals surface area contributed by atoms with E-state index in [1.807, 2.05) is 60.7 Å². The molecule has 0 radical (unpaired) electrons. The summed E-state index contributed by atoms with van der Waals surface area (Å²) >= 11 is 0. The molecule has 0 heterocycles. The van der Waals surface area contributed by atoms with Crippen LogP contribution in [0.4, 0.5) is 0 Å². The number of methoxy groups -OCH3 is 2. The van der Waals surface area contributed by atoms with Gasteiger partial charge >= 0.3 is 0 Å². The van der Waals surface area contributed by atoms with Gasteiger partial charge in [-0.1, -0.05) is 49.6 Å². The maximum Gasteiger partial charge on any atom is 0.188 e. The van der Waals surface area contributed by atoms with Crippen LogP contribution in [0.3, 0.4) is 0 Å². The van der Waals surface area contributed by atoms with Crippen LogP contribution < -0.4 is 14.2 Å². The van der Waals surface area contributed by atoms with Gasteiger partial charge in [-0.2, -0.15) is 0 Å². The highest BCUT2D eigenvalue weighted by atomic mass is 16.7. The molecule has 0 aromatic heterocycles. The number of benzene rings is 4. The van der Waals surface area contributed by atoms with Gasteiger partial charge in [0, 0.05) is 25.0 Å². The Bertz CT molecular complexity index is 1210. The van der Waals surface area contributed by atoms with E-state index in [2.05, 4.69) is 25.3 Å². The Hall–Kier alpha value is -3.80. The Morgan fingerprint density at radius 1 is 0.636 bits per heavy atom. The van der Waals surface area contributed by atoms with E-state index >= 15 is 0 Å². The quantitative estimate of drug-likeness (QED) is 0.247. The van der Waals surface area contributed by atoms with Crippen LogP contribution in [0.5, 0.6) is 23.0 Å². The lowest BCUT2D eigenvalue weighted by molar-refractivity contribution is 0.0476. The van der Waals surface area contributed by atoms with E-state index in [1.165, 1.54) is 0 Å². The van der Waals surface area contributed by atoms with Crippen LogP contribution in [0.2, 0.25) is 0 Å². The van der Waals surface area contributed by atoms with Crippen molar-refractivity contribution >= 4 is 33.7 Å². The molecule has 5 heteroatoms. The molecule has 4 rings (SSSR count). The summed E-state index contributed by atoms with van der Waals surface area (Å²) in [4.78, 5) is 0. The Morgan fingerprint density at radius 2 is 1.09 bits per heavy atom. The normalized spacial score (nSPS) is 10.8. The fourth-order valence-electron chi connectivity index (χ4n) is 3.64. The summed E-state index contributed by atoms with van der Waals surface area (Å²) in [5.74, 6) is 2.27. The SMILES string of the molecule is C=Cc1ccc2c(Oc3c(OCOC)ccc4cc(C=C)ccc34)c(OCOC)ccc2c1. The molecule has 0 saturated carbocycles. The van der Waals surface area contributed by atoms with Crippen molar-refractivity contribution in [2.45, 2.75) is 0 Å². The first-order chi connectivity index (χ1) is 16.2. The lowest BCUT2D eigenvalue weighted by Crippen LogP contribution is -2.03. The second-order valence-electron chi connectivity index (χ2n) is 7.36. The number of hydrogen-bond donors (Lipinski definition) is 0. The van der Waals surface area contributed by atoms with Crippen LogP contribution in [0.1, 0.15) is 11.1 Å². The molecule has 0 spiro atoms. The molecule has 0 aliphatic heterocycles. The van der Waals surface area contributed by atoms with Gasteiger partial charge in [-0.25, -0.2) is 0 Å². The van der Waals surface area contributed by atoms with Crippen LogP contribution in [0.25, 0.3) is 33.7 Å². The Morgan fingerprint density at radius 3 is 1.48 bits per heavy atom. The predicted molar refractivity (Wildman–Crippen MR) is 133 cm³/mol. The van der Waals surface area contributed by atoms with Gasteiger partial charge in [0.2, 0.25) is 0 Å². The molecule has 0 atom stereocenters. The second-order valence-corrected chi connectivity index (χ2v) is 7.36. The van der Waals surface area contributed by atoms with Crippen molar-refractivity contribution in [2.24, 2.45) is 0 Å². The number of rotatable bonds is 10. The van der Waals surface area contributed by atoms with Crippen molar-refractivity contribution in [1.82, 2.24) is 0 Å². The first kappa shape index (κ1) is 22.4. The van der Waals surface area contributed by atoms with E-state index in [0.717, 1.165) is 32.7 Å². The highest BCUT2D eigenvalue weighted by Crippen LogP contribution is 2.45. The molecule has 4 aromatic carbocycles. The predicted octanol–water partition coefficient (Wildman–Crippen LogP) is 7.04. The molecule has 0 saturated heterocycles. The van der Waals surface area contributed by atoms with Crippen molar-refractivity contribution in [3.05, 3.63) is 84.9 Å². The monoisotopic (exact) mass is 442 g/mol. The standard InChI is InChI=1S/C28H26O5/c1-5-19-7-11-23-21(15-19)9-13-25(31-17-29-3)27(23)33-28-24-12-8-20(6-2)16-22(24)10-14-26(28)32-18-30-4/h5-16H,1-2,17-18H2,3-4H3. The fourth-order valence-corrected chi connectivity index (χ4v) is 3.64. The van der Waals surface area contributed by atoms with Crippen LogP contribution >= 0.6 is 0 Å². The topological polar surface area (TPSA) is 46.2 Å². The molecule has 0 amide bonds. The van der Waals surface area contributed by atoms with E-state index in [4.69, 9.17) is 23.7 Å². The zero-order chi connectivity index (χ0) is 23.2. The summed E-state index contributed by atoms with van der Waals surface area (Å²) in [6, 6.07) is 19.8. The zero-order valence-corrected chi connectivity index (χ0v) is 18.8. The van der Waals surface area contributed by atoms with Gasteiger partial charge in [0.15, 0.2) is 36.6 Å². The van der Waals surface area contributed by atoms with Crippen molar-refractivity contribution in [2.75, 3.05) is 27.8 Å². The Kier molecular flexibility index (Phi) is 6.93. The Labute approximate surface area is 193 Å².